The van der Waals surface area contributed by atoms with Crippen molar-refractivity contribution in [2.24, 2.45) is 5.92 Å². The molecule has 0 aromatic heterocycles. The second-order valence-corrected chi connectivity index (χ2v) is 14.3. The van der Waals surface area contributed by atoms with Gasteiger partial charge in [0.1, 0.15) is 17.7 Å². The lowest BCUT2D eigenvalue weighted by Gasteiger charge is -2.36. The Morgan fingerprint density at radius 3 is 2.10 bits per heavy atom. The van der Waals surface area contributed by atoms with Crippen LogP contribution in [-0.4, -0.2) is 94.7 Å². The van der Waals surface area contributed by atoms with Gasteiger partial charge in [-0.2, -0.15) is 0 Å². The number of fused-ring (bicyclic) bond motifs is 3. The van der Waals surface area contributed by atoms with Gasteiger partial charge in [0.2, 0.25) is 11.8 Å². The number of aliphatic carboxylic acids is 1. The molecule has 0 spiro atoms. The van der Waals surface area contributed by atoms with Crippen LogP contribution in [0.3, 0.4) is 0 Å². The number of carboxylic acid groups (broad SMARTS) is 1. The first-order valence-electron chi connectivity index (χ1n) is 17.1. The minimum absolute atomic E-state index is 0.00378. The fourth-order valence-electron chi connectivity index (χ4n) is 7.50. The van der Waals surface area contributed by atoms with Crippen molar-refractivity contribution in [1.82, 2.24) is 20.4 Å². The third-order valence-corrected chi connectivity index (χ3v) is 9.76. The van der Waals surface area contributed by atoms with Crippen molar-refractivity contribution in [3.63, 3.8) is 0 Å². The molecule has 1 heterocycles. The fourth-order valence-corrected chi connectivity index (χ4v) is 7.50. The number of nitrogens with one attached hydrogen (secondary N) is 2. The SMILES string of the molecule is COC(=O)N(C1c2ccccc2-c2ccccc21)[C@H]1C[C@@H](C(=O)O)N(C(=O)[C@@H](NC(=O)[C@H](C)NCC(=O)OC(C)(C)C)C2CCCCC2)C1. The number of benzene rings is 2. The third kappa shape index (κ3) is 7.90. The van der Waals surface area contributed by atoms with E-state index >= 15 is 0 Å². The molecule has 3 aliphatic rings. The number of amides is 3. The topological polar surface area (TPSA) is 155 Å². The molecule has 4 atom stereocenters. The Kier molecular flexibility index (Phi) is 11.0. The van der Waals surface area contributed by atoms with E-state index in [0.29, 0.717) is 12.8 Å². The first-order chi connectivity index (χ1) is 23.3. The Morgan fingerprint density at radius 2 is 1.55 bits per heavy atom. The number of hydrogen-bond donors (Lipinski definition) is 3. The zero-order valence-electron chi connectivity index (χ0n) is 28.9. The van der Waals surface area contributed by atoms with Crippen LogP contribution >= 0.6 is 0 Å². The maximum atomic E-state index is 14.5. The summed E-state index contributed by atoms with van der Waals surface area (Å²) in [6.07, 6.45) is 3.57. The van der Waals surface area contributed by atoms with Crippen LogP contribution < -0.4 is 10.6 Å². The summed E-state index contributed by atoms with van der Waals surface area (Å²) in [4.78, 5) is 69.4. The van der Waals surface area contributed by atoms with Gasteiger partial charge >= 0.3 is 18.0 Å². The molecule has 2 aromatic carbocycles. The maximum absolute atomic E-state index is 14.5. The van der Waals surface area contributed by atoms with Gasteiger partial charge in [0.15, 0.2) is 0 Å². The number of carboxylic acids is 1. The molecule has 1 saturated carbocycles. The van der Waals surface area contributed by atoms with Gasteiger partial charge in [-0.15, -0.1) is 0 Å². The summed E-state index contributed by atoms with van der Waals surface area (Å²) in [5.41, 5.74) is 3.07. The normalized spacial score (nSPS) is 20.5. The lowest BCUT2D eigenvalue weighted by molar-refractivity contribution is -0.153. The van der Waals surface area contributed by atoms with Gasteiger partial charge in [-0.1, -0.05) is 67.8 Å². The Labute approximate surface area is 287 Å². The van der Waals surface area contributed by atoms with Gasteiger partial charge in [-0.3, -0.25) is 24.6 Å². The summed E-state index contributed by atoms with van der Waals surface area (Å²) in [7, 11) is 1.29. The van der Waals surface area contributed by atoms with E-state index in [1.54, 1.807) is 32.6 Å². The van der Waals surface area contributed by atoms with E-state index in [-0.39, 0.29) is 25.4 Å². The summed E-state index contributed by atoms with van der Waals surface area (Å²) in [5, 5.41) is 16.2. The van der Waals surface area contributed by atoms with E-state index in [1.807, 2.05) is 48.5 Å². The number of rotatable bonds is 10. The zero-order valence-corrected chi connectivity index (χ0v) is 28.9. The highest BCUT2D eigenvalue weighted by molar-refractivity contribution is 5.93. The van der Waals surface area contributed by atoms with Crippen molar-refractivity contribution in [1.29, 1.82) is 0 Å². The Bertz CT molecular complexity index is 1520. The number of hydrogen-bond acceptors (Lipinski definition) is 8. The van der Waals surface area contributed by atoms with E-state index < -0.39 is 65.7 Å². The molecule has 12 heteroatoms. The molecule has 5 rings (SSSR count). The molecular weight excluding hydrogens is 628 g/mol. The summed E-state index contributed by atoms with van der Waals surface area (Å²) >= 11 is 0. The van der Waals surface area contributed by atoms with Crippen LogP contribution in [0.25, 0.3) is 11.1 Å². The number of esters is 1. The highest BCUT2D eigenvalue weighted by Crippen LogP contribution is 2.48. The summed E-state index contributed by atoms with van der Waals surface area (Å²) in [6.45, 7) is 6.62. The van der Waals surface area contributed by atoms with Crippen LogP contribution in [-0.2, 0) is 28.7 Å². The van der Waals surface area contributed by atoms with Crippen LogP contribution in [0.1, 0.15) is 83.4 Å². The fraction of sp³-hybridized carbons (Fsp3) is 0.541. The molecule has 0 unspecified atom stereocenters. The highest BCUT2D eigenvalue weighted by atomic mass is 16.6. The van der Waals surface area contributed by atoms with Gasteiger partial charge in [0, 0.05) is 13.0 Å². The van der Waals surface area contributed by atoms with Crippen LogP contribution in [0.15, 0.2) is 48.5 Å². The van der Waals surface area contributed by atoms with Crippen molar-refractivity contribution < 1.29 is 38.6 Å². The van der Waals surface area contributed by atoms with Gasteiger partial charge in [-0.25, -0.2) is 9.59 Å². The number of methoxy groups -OCH3 is 1. The van der Waals surface area contributed by atoms with Gasteiger partial charge in [0.05, 0.1) is 31.8 Å². The van der Waals surface area contributed by atoms with Crippen LogP contribution in [0.5, 0.6) is 0 Å². The van der Waals surface area contributed by atoms with Crippen LogP contribution in [0.4, 0.5) is 4.79 Å². The largest absolute Gasteiger partial charge is 0.480 e. The van der Waals surface area contributed by atoms with E-state index in [1.165, 1.54) is 12.0 Å². The zero-order chi connectivity index (χ0) is 35.5. The van der Waals surface area contributed by atoms with Crippen molar-refractivity contribution in [3.05, 3.63) is 59.7 Å². The molecule has 2 aromatic rings. The van der Waals surface area contributed by atoms with E-state index in [0.717, 1.165) is 41.5 Å². The second kappa shape index (κ2) is 15.0. The van der Waals surface area contributed by atoms with Crippen molar-refractivity contribution in [2.45, 2.75) is 102 Å². The quantitative estimate of drug-likeness (QED) is 0.313. The Balaban J connectivity index is 1.40. The predicted molar refractivity (Wildman–Crippen MR) is 181 cm³/mol. The molecule has 12 nitrogen and oxygen atoms in total. The van der Waals surface area contributed by atoms with Crippen molar-refractivity contribution in [2.75, 3.05) is 20.2 Å². The molecular formula is C37H48N4O8. The van der Waals surface area contributed by atoms with Crippen molar-refractivity contribution in [3.8, 4) is 11.1 Å². The second-order valence-electron chi connectivity index (χ2n) is 14.3. The first-order valence-corrected chi connectivity index (χ1v) is 17.1. The molecule has 1 saturated heterocycles. The molecule has 2 aliphatic carbocycles. The van der Waals surface area contributed by atoms with Crippen molar-refractivity contribution >= 4 is 29.8 Å². The smallest absolute Gasteiger partial charge is 0.410 e. The molecule has 1 aliphatic heterocycles. The summed E-state index contributed by atoms with van der Waals surface area (Å²) < 4.78 is 10.6. The molecule has 0 bridgehead atoms. The van der Waals surface area contributed by atoms with E-state index in [2.05, 4.69) is 10.6 Å². The number of nitrogens with zero attached hydrogens (tertiary/aromatic N) is 2. The molecule has 49 heavy (non-hydrogen) atoms. The standard InChI is InChI=1S/C37H48N4O8/c1-22(38-20-30(42)49-37(2,3)4)33(43)39-31(23-13-7-6-8-14-23)34(44)40-21-24(19-29(40)35(45)46)41(36(47)48-5)32-27-17-11-9-15-25(27)26-16-10-12-18-28(26)32/h9-12,15-18,22-24,29,31-32,38H,6-8,13-14,19-21H2,1-5H3,(H,39,43)(H,45,46)/t22-,24-,29-,31-/m0/s1. The minimum Gasteiger partial charge on any atom is -0.480 e. The highest BCUT2D eigenvalue weighted by Gasteiger charge is 2.49. The Morgan fingerprint density at radius 1 is 0.959 bits per heavy atom. The lowest BCUT2D eigenvalue weighted by atomic mass is 9.83. The average Bonchev–Trinajstić information content (AvgIpc) is 3.66. The van der Waals surface area contributed by atoms with Gasteiger partial charge in [0.25, 0.3) is 0 Å². The van der Waals surface area contributed by atoms with E-state index in [4.69, 9.17) is 9.47 Å². The first kappa shape index (κ1) is 35.8. The number of likely N-dealkylation sites (tertiary alicyclic amines) is 1. The number of carbonyl (C=O) groups excluding carboxylic acids is 4. The predicted octanol–water partition coefficient (Wildman–Crippen LogP) is 4.26. The number of carbonyl (C=O) groups is 5. The minimum atomic E-state index is -1.22. The Hall–Kier alpha value is -4.45. The molecule has 0 radical (unpaired) electrons. The molecule has 264 valence electrons. The van der Waals surface area contributed by atoms with Gasteiger partial charge in [-0.05, 0) is 68.7 Å². The maximum Gasteiger partial charge on any atom is 0.410 e. The molecule has 3 N–H and O–H groups in total. The summed E-state index contributed by atoms with van der Waals surface area (Å²) in [5.74, 6) is -2.87. The molecule has 2 fully saturated rings. The summed E-state index contributed by atoms with van der Waals surface area (Å²) in [6, 6.07) is 11.3. The monoisotopic (exact) mass is 676 g/mol. The lowest BCUT2D eigenvalue weighted by Crippen LogP contribution is -2.58. The molecule has 3 amide bonds. The third-order valence-electron chi connectivity index (χ3n) is 9.76. The number of ether oxygens (including phenoxy) is 2. The van der Waals surface area contributed by atoms with Gasteiger partial charge < -0.3 is 24.8 Å². The van der Waals surface area contributed by atoms with Crippen LogP contribution in [0, 0.1) is 5.92 Å². The van der Waals surface area contributed by atoms with E-state index in [9.17, 15) is 29.1 Å². The average molecular weight is 677 g/mol. The van der Waals surface area contributed by atoms with Crippen LogP contribution in [0.2, 0.25) is 0 Å².